The molecule has 0 saturated heterocycles. The van der Waals surface area contributed by atoms with Crippen LogP contribution in [0.4, 0.5) is 0 Å². The first kappa shape index (κ1) is 19.0. The third kappa shape index (κ3) is 2.48. The molecule has 0 aliphatic rings. The molecule has 0 saturated carbocycles. The zero-order chi connectivity index (χ0) is 22.1. The quantitative estimate of drug-likeness (QED) is 0.221. The smallest absolute Gasteiger partial charge is 0.252 e. The fourth-order valence-electron chi connectivity index (χ4n) is 5.49. The molecule has 0 unspecified atom stereocenters. The summed E-state index contributed by atoms with van der Waals surface area (Å²) < 4.78 is 4.74. The molecule has 32 heavy (non-hydrogen) atoms. The van der Waals surface area contributed by atoms with Crippen LogP contribution in [0.15, 0.2) is 66.7 Å². The van der Waals surface area contributed by atoms with Crippen LogP contribution in [0.1, 0.15) is 22.4 Å². The van der Waals surface area contributed by atoms with Gasteiger partial charge < -0.3 is 0 Å². The topological polar surface area (TPSA) is 21.2 Å². The van der Waals surface area contributed by atoms with Crippen LogP contribution in [0.3, 0.4) is 0 Å². The molecule has 0 fully saturated rings. The van der Waals surface area contributed by atoms with Crippen molar-refractivity contribution in [2.45, 2.75) is 27.7 Å². The van der Waals surface area contributed by atoms with E-state index in [9.17, 15) is 0 Å². The molecule has 3 aromatic heterocycles. The van der Waals surface area contributed by atoms with Crippen LogP contribution >= 0.6 is 0 Å². The summed E-state index contributed by atoms with van der Waals surface area (Å²) in [5.41, 5.74) is 13.4. The maximum Gasteiger partial charge on any atom is 0.297 e. The molecule has 0 bridgehead atoms. The zero-order valence-electron chi connectivity index (χ0n) is 19.2. The van der Waals surface area contributed by atoms with E-state index in [0.29, 0.717) is 0 Å². The molecular weight excluding hydrogens is 390 g/mol. The first-order valence-corrected chi connectivity index (χ1v) is 11.1. The van der Waals surface area contributed by atoms with Gasteiger partial charge >= 0.3 is 0 Å². The Kier molecular flexibility index (Phi) is 3.94. The second-order valence-corrected chi connectivity index (χ2v) is 9.01. The van der Waals surface area contributed by atoms with Crippen molar-refractivity contribution < 1.29 is 4.57 Å². The molecule has 0 aliphatic heterocycles. The minimum absolute atomic E-state index is 1.05. The van der Waals surface area contributed by atoms with Gasteiger partial charge in [-0.15, -0.1) is 0 Å². The van der Waals surface area contributed by atoms with Gasteiger partial charge in [-0.1, -0.05) is 36.4 Å². The number of imidazole rings is 1. The highest BCUT2D eigenvalue weighted by molar-refractivity contribution is 6.12. The van der Waals surface area contributed by atoms with Crippen molar-refractivity contribution in [1.29, 1.82) is 0 Å². The van der Waals surface area contributed by atoms with Crippen molar-refractivity contribution in [2.75, 3.05) is 0 Å². The predicted octanol–water partition coefficient (Wildman–Crippen LogP) is 6.52. The Morgan fingerprint density at radius 3 is 2.28 bits per heavy atom. The van der Waals surface area contributed by atoms with Gasteiger partial charge in [0, 0.05) is 11.1 Å². The van der Waals surface area contributed by atoms with Crippen molar-refractivity contribution in [3.63, 3.8) is 0 Å². The standard InChI is InChI=1S/C29H26N3/c1-17-9-8-10-18(2)26(17)21-13-14-22-25(16-21)32-24-12-7-6-11-23(24)31(5)29(32)27-19(3)15-20(4)30-28(22)27/h6-16H,1-5H3/q+1. The number of aryl methyl sites for hydroxylation is 5. The van der Waals surface area contributed by atoms with Crippen molar-refractivity contribution in [1.82, 2.24) is 9.38 Å². The van der Waals surface area contributed by atoms with Gasteiger partial charge in [0.25, 0.3) is 5.65 Å². The molecule has 0 amide bonds. The average Bonchev–Trinajstić information content (AvgIpc) is 3.06. The van der Waals surface area contributed by atoms with Crippen LogP contribution in [0.25, 0.3) is 49.6 Å². The lowest BCUT2D eigenvalue weighted by Gasteiger charge is -2.12. The molecule has 3 heterocycles. The third-order valence-corrected chi connectivity index (χ3v) is 6.85. The van der Waals surface area contributed by atoms with Gasteiger partial charge in [-0.2, -0.15) is 4.40 Å². The minimum Gasteiger partial charge on any atom is -0.252 e. The Balaban J connectivity index is 1.90. The van der Waals surface area contributed by atoms with Gasteiger partial charge in [0.15, 0.2) is 11.0 Å². The second-order valence-electron chi connectivity index (χ2n) is 9.01. The molecule has 0 N–H and O–H groups in total. The molecular formula is C29H26N3+. The van der Waals surface area contributed by atoms with E-state index >= 15 is 0 Å². The number of fused-ring (bicyclic) bond motifs is 8. The second kappa shape index (κ2) is 6.64. The monoisotopic (exact) mass is 416 g/mol. The molecule has 3 nitrogen and oxygen atoms in total. The van der Waals surface area contributed by atoms with E-state index in [1.54, 1.807) is 0 Å². The molecule has 0 atom stereocenters. The average molecular weight is 417 g/mol. The van der Waals surface area contributed by atoms with Crippen molar-refractivity contribution in [3.8, 4) is 11.1 Å². The lowest BCUT2D eigenvalue weighted by atomic mass is 9.94. The number of benzene rings is 3. The van der Waals surface area contributed by atoms with Crippen LogP contribution in [0.5, 0.6) is 0 Å². The highest BCUT2D eigenvalue weighted by Gasteiger charge is 2.25. The number of pyridine rings is 2. The summed E-state index contributed by atoms with van der Waals surface area (Å²) in [5, 5.41) is 2.41. The fourth-order valence-corrected chi connectivity index (χ4v) is 5.49. The van der Waals surface area contributed by atoms with E-state index in [0.717, 1.165) is 11.2 Å². The first-order chi connectivity index (χ1) is 15.5. The molecule has 3 heteroatoms. The number of para-hydroxylation sites is 2. The maximum atomic E-state index is 5.04. The zero-order valence-corrected chi connectivity index (χ0v) is 19.2. The molecule has 0 aliphatic carbocycles. The van der Waals surface area contributed by atoms with Gasteiger partial charge in [0.2, 0.25) is 0 Å². The summed E-state index contributed by atoms with van der Waals surface area (Å²) in [7, 11) is 2.16. The van der Waals surface area contributed by atoms with E-state index in [4.69, 9.17) is 4.98 Å². The van der Waals surface area contributed by atoms with Crippen LogP contribution in [-0.4, -0.2) is 9.38 Å². The van der Waals surface area contributed by atoms with E-state index < -0.39 is 0 Å². The van der Waals surface area contributed by atoms with Crippen molar-refractivity contribution in [3.05, 3.63) is 89.1 Å². The van der Waals surface area contributed by atoms with E-state index in [1.165, 1.54) is 60.8 Å². The number of aromatic nitrogens is 3. The Morgan fingerprint density at radius 2 is 1.50 bits per heavy atom. The van der Waals surface area contributed by atoms with Crippen LogP contribution in [-0.2, 0) is 7.05 Å². The van der Waals surface area contributed by atoms with Crippen LogP contribution in [0.2, 0.25) is 0 Å². The molecule has 6 aromatic rings. The normalized spacial score (nSPS) is 11.9. The highest BCUT2D eigenvalue weighted by Crippen LogP contribution is 2.36. The summed E-state index contributed by atoms with van der Waals surface area (Å²) >= 11 is 0. The number of hydrogen-bond acceptors (Lipinski definition) is 1. The summed E-state index contributed by atoms with van der Waals surface area (Å²) in [6.07, 6.45) is 0. The van der Waals surface area contributed by atoms with Gasteiger partial charge in [-0.25, -0.2) is 4.57 Å². The van der Waals surface area contributed by atoms with Gasteiger partial charge in [-0.05, 0) is 85.8 Å². The molecule has 3 aromatic carbocycles. The van der Waals surface area contributed by atoms with Crippen molar-refractivity contribution >= 4 is 38.5 Å². The first-order valence-electron chi connectivity index (χ1n) is 11.1. The van der Waals surface area contributed by atoms with E-state index in [-0.39, 0.29) is 0 Å². The maximum absolute atomic E-state index is 5.04. The largest absolute Gasteiger partial charge is 0.297 e. The molecule has 0 spiro atoms. The lowest BCUT2D eigenvalue weighted by molar-refractivity contribution is -0.617. The Hall–Kier alpha value is -3.72. The third-order valence-electron chi connectivity index (χ3n) is 6.85. The molecule has 0 radical (unpaired) electrons. The van der Waals surface area contributed by atoms with Crippen LogP contribution in [0, 0.1) is 27.7 Å². The number of nitrogens with zero attached hydrogens (tertiary/aromatic N) is 3. The van der Waals surface area contributed by atoms with E-state index in [2.05, 4.69) is 110 Å². The van der Waals surface area contributed by atoms with E-state index in [1.807, 2.05) is 0 Å². The van der Waals surface area contributed by atoms with Gasteiger partial charge in [0.1, 0.15) is 5.52 Å². The summed E-state index contributed by atoms with van der Waals surface area (Å²) in [6, 6.07) is 24.2. The summed E-state index contributed by atoms with van der Waals surface area (Å²) in [4.78, 5) is 5.04. The number of hydrogen-bond donors (Lipinski definition) is 0. The SMILES string of the molecule is Cc1cc(C)c2c(n1)c1ccc(-c3c(C)cccc3C)cc1n1c3ccccc3[n+](C)c21. The minimum atomic E-state index is 1.05. The Labute approximate surface area is 187 Å². The van der Waals surface area contributed by atoms with Gasteiger partial charge in [-0.3, -0.25) is 4.98 Å². The summed E-state index contributed by atoms with van der Waals surface area (Å²) in [6.45, 7) is 8.68. The fraction of sp³-hybridized carbons (Fsp3) is 0.172. The lowest BCUT2D eigenvalue weighted by Crippen LogP contribution is -2.27. The highest BCUT2D eigenvalue weighted by atomic mass is 15.1. The molecule has 156 valence electrons. The molecule has 6 rings (SSSR count). The Morgan fingerprint density at radius 1 is 0.750 bits per heavy atom. The number of rotatable bonds is 1. The van der Waals surface area contributed by atoms with Gasteiger partial charge in [0.05, 0.1) is 18.0 Å². The van der Waals surface area contributed by atoms with Crippen LogP contribution < -0.4 is 4.57 Å². The Bertz CT molecular complexity index is 1700. The van der Waals surface area contributed by atoms with Crippen molar-refractivity contribution in [2.24, 2.45) is 7.05 Å². The summed E-state index contributed by atoms with van der Waals surface area (Å²) in [5.74, 6) is 0. The predicted molar refractivity (Wildman–Crippen MR) is 133 cm³/mol.